The van der Waals surface area contributed by atoms with E-state index in [0.717, 1.165) is 35.8 Å². The zero-order valence-corrected chi connectivity index (χ0v) is 11.9. The second-order valence-electron chi connectivity index (χ2n) is 4.35. The lowest BCUT2D eigenvalue weighted by Gasteiger charge is -2.02. The molecule has 20 heavy (non-hydrogen) atoms. The molecule has 0 aliphatic rings. The van der Waals surface area contributed by atoms with Gasteiger partial charge in [-0.3, -0.25) is 0 Å². The molecule has 0 saturated heterocycles. The van der Waals surface area contributed by atoms with Gasteiger partial charge in [0.25, 0.3) is 0 Å². The van der Waals surface area contributed by atoms with Crippen molar-refractivity contribution >= 4 is 22.7 Å². The smallest absolute Gasteiger partial charge is 0.0858 e. The molecule has 2 N–H and O–H groups in total. The van der Waals surface area contributed by atoms with Gasteiger partial charge in [0.05, 0.1) is 11.4 Å². The minimum Gasteiger partial charge on any atom is -0.385 e. The maximum absolute atomic E-state index is 4.23. The minimum absolute atomic E-state index is 0.849. The highest BCUT2D eigenvalue weighted by Gasteiger charge is 1.94. The highest BCUT2D eigenvalue weighted by Crippen LogP contribution is 2.21. The number of hydrogen-bond donors (Lipinski definition) is 2. The molecule has 0 amide bonds. The maximum atomic E-state index is 4.23. The van der Waals surface area contributed by atoms with Gasteiger partial charge in [0, 0.05) is 24.5 Å². The van der Waals surface area contributed by atoms with Gasteiger partial charge in [0.2, 0.25) is 0 Å². The first-order valence-electron chi connectivity index (χ1n) is 6.91. The molecule has 0 saturated carbocycles. The molecule has 2 aromatic rings. The summed E-state index contributed by atoms with van der Waals surface area (Å²) in [6.07, 6.45) is 0. The lowest BCUT2D eigenvalue weighted by Crippen LogP contribution is -1.94. The lowest BCUT2D eigenvalue weighted by molar-refractivity contribution is 1.20. The Morgan fingerprint density at radius 1 is 0.650 bits per heavy atom. The fraction of sp³-hybridized carbons (Fsp3) is 0.250. The van der Waals surface area contributed by atoms with Gasteiger partial charge in [-0.1, -0.05) is 0 Å². The van der Waals surface area contributed by atoms with Crippen LogP contribution in [0.5, 0.6) is 0 Å². The summed E-state index contributed by atoms with van der Waals surface area (Å²) in [6.45, 7) is 5.98. The second kappa shape index (κ2) is 7.28. The van der Waals surface area contributed by atoms with E-state index in [0.29, 0.717) is 0 Å². The Labute approximate surface area is 119 Å². The van der Waals surface area contributed by atoms with E-state index in [-0.39, 0.29) is 0 Å². The zero-order chi connectivity index (χ0) is 14.2. The lowest BCUT2D eigenvalue weighted by atomic mass is 10.3. The predicted octanol–water partition coefficient (Wildman–Crippen LogP) is 4.97. The van der Waals surface area contributed by atoms with Gasteiger partial charge in [-0.2, -0.15) is 10.2 Å². The summed E-state index contributed by atoms with van der Waals surface area (Å²) in [5.74, 6) is 0. The normalized spacial score (nSPS) is 10.7. The quantitative estimate of drug-likeness (QED) is 0.727. The van der Waals surface area contributed by atoms with Gasteiger partial charge < -0.3 is 10.6 Å². The van der Waals surface area contributed by atoms with E-state index in [2.05, 4.69) is 34.7 Å². The summed E-state index contributed by atoms with van der Waals surface area (Å²) in [5, 5.41) is 15.0. The molecule has 0 heterocycles. The third-order valence-electron chi connectivity index (χ3n) is 2.78. The molecule has 0 fully saturated rings. The van der Waals surface area contributed by atoms with E-state index < -0.39 is 0 Å². The van der Waals surface area contributed by atoms with E-state index in [1.54, 1.807) is 0 Å². The average Bonchev–Trinajstić information content (AvgIpc) is 2.49. The van der Waals surface area contributed by atoms with Crippen molar-refractivity contribution in [2.45, 2.75) is 13.8 Å². The van der Waals surface area contributed by atoms with Gasteiger partial charge >= 0.3 is 0 Å². The summed E-state index contributed by atoms with van der Waals surface area (Å²) in [5.41, 5.74) is 3.90. The molecule has 4 nitrogen and oxygen atoms in total. The van der Waals surface area contributed by atoms with Gasteiger partial charge in [0.1, 0.15) is 0 Å². The van der Waals surface area contributed by atoms with Crippen LogP contribution in [0.1, 0.15) is 13.8 Å². The summed E-state index contributed by atoms with van der Waals surface area (Å²) in [7, 11) is 0. The van der Waals surface area contributed by atoms with Crippen LogP contribution in [0.4, 0.5) is 22.7 Å². The molecule has 2 rings (SSSR count). The molecule has 0 aliphatic heterocycles. The van der Waals surface area contributed by atoms with Crippen molar-refractivity contribution in [3.63, 3.8) is 0 Å². The first-order chi connectivity index (χ1) is 9.81. The largest absolute Gasteiger partial charge is 0.385 e. The Hall–Kier alpha value is -2.36. The molecule has 4 heteroatoms. The Bertz CT molecular complexity index is 492. The number of azo groups is 1. The molecule has 2 aromatic carbocycles. The van der Waals surface area contributed by atoms with E-state index in [4.69, 9.17) is 0 Å². The number of nitrogens with one attached hydrogen (secondary N) is 2. The molecule has 0 aliphatic carbocycles. The van der Waals surface area contributed by atoms with Crippen molar-refractivity contribution < 1.29 is 0 Å². The molecular formula is C16H20N4. The SMILES string of the molecule is CCNc1ccc(N=Nc2ccc(NCC)cc2)cc1. The summed E-state index contributed by atoms with van der Waals surface area (Å²) in [4.78, 5) is 0. The Morgan fingerprint density at radius 2 is 1.00 bits per heavy atom. The topological polar surface area (TPSA) is 48.8 Å². The predicted molar refractivity (Wildman–Crippen MR) is 85.4 cm³/mol. The van der Waals surface area contributed by atoms with Crippen LogP contribution in [-0.2, 0) is 0 Å². The van der Waals surface area contributed by atoms with E-state index >= 15 is 0 Å². The molecule has 0 radical (unpaired) electrons. The molecule has 104 valence electrons. The number of benzene rings is 2. The summed E-state index contributed by atoms with van der Waals surface area (Å²) < 4.78 is 0. The van der Waals surface area contributed by atoms with Crippen LogP contribution in [0.2, 0.25) is 0 Å². The van der Waals surface area contributed by atoms with Gasteiger partial charge in [0.15, 0.2) is 0 Å². The van der Waals surface area contributed by atoms with Crippen LogP contribution in [0.3, 0.4) is 0 Å². The van der Waals surface area contributed by atoms with Crippen molar-refractivity contribution in [3.8, 4) is 0 Å². The Morgan fingerprint density at radius 3 is 1.30 bits per heavy atom. The maximum Gasteiger partial charge on any atom is 0.0858 e. The Kier molecular flexibility index (Phi) is 5.12. The van der Waals surface area contributed by atoms with E-state index in [1.807, 2.05) is 48.5 Å². The van der Waals surface area contributed by atoms with Gasteiger partial charge in [-0.05, 0) is 62.4 Å². The fourth-order valence-electron chi connectivity index (χ4n) is 1.82. The van der Waals surface area contributed by atoms with Crippen molar-refractivity contribution in [3.05, 3.63) is 48.5 Å². The summed E-state index contributed by atoms with van der Waals surface area (Å²) in [6, 6.07) is 15.8. The third-order valence-corrected chi connectivity index (χ3v) is 2.78. The van der Waals surface area contributed by atoms with E-state index in [1.165, 1.54) is 0 Å². The molecule has 0 aromatic heterocycles. The highest BCUT2D eigenvalue weighted by atomic mass is 15.1. The van der Waals surface area contributed by atoms with Crippen molar-refractivity contribution in [1.82, 2.24) is 0 Å². The number of hydrogen-bond acceptors (Lipinski definition) is 4. The van der Waals surface area contributed by atoms with Crippen LogP contribution >= 0.6 is 0 Å². The molecule has 0 bridgehead atoms. The van der Waals surface area contributed by atoms with Crippen molar-refractivity contribution in [1.29, 1.82) is 0 Å². The number of nitrogens with zero attached hydrogens (tertiary/aromatic N) is 2. The third kappa shape index (κ3) is 4.09. The average molecular weight is 268 g/mol. The second-order valence-corrected chi connectivity index (χ2v) is 4.35. The van der Waals surface area contributed by atoms with Crippen molar-refractivity contribution in [2.24, 2.45) is 10.2 Å². The molecular weight excluding hydrogens is 248 g/mol. The molecule has 0 unspecified atom stereocenters. The van der Waals surface area contributed by atoms with E-state index in [9.17, 15) is 0 Å². The van der Waals surface area contributed by atoms with Crippen molar-refractivity contribution in [2.75, 3.05) is 23.7 Å². The van der Waals surface area contributed by atoms with Gasteiger partial charge in [-0.15, -0.1) is 0 Å². The van der Waals surface area contributed by atoms with Crippen LogP contribution in [0.15, 0.2) is 58.8 Å². The number of anilines is 2. The Balaban J connectivity index is 2.01. The first kappa shape index (κ1) is 14.1. The highest BCUT2D eigenvalue weighted by molar-refractivity contribution is 5.52. The minimum atomic E-state index is 0.849. The van der Waals surface area contributed by atoms with Crippen LogP contribution in [0.25, 0.3) is 0 Å². The number of rotatable bonds is 6. The van der Waals surface area contributed by atoms with Gasteiger partial charge in [-0.25, -0.2) is 0 Å². The zero-order valence-electron chi connectivity index (χ0n) is 11.9. The standard InChI is InChI=1S/C16H20N4/c1-3-17-13-5-9-15(10-6-13)19-20-16-11-7-14(8-12-16)18-4-2/h5-12,17-18H,3-4H2,1-2H3. The fourth-order valence-corrected chi connectivity index (χ4v) is 1.82. The summed E-state index contributed by atoms with van der Waals surface area (Å²) >= 11 is 0. The molecule has 0 spiro atoms. The van der Waals surface area contributed by atoms with Crippen LogP contribution in [-0.4, -0.2) is 13.1 Å². The van der Waals surface area contributed by atoms with Crippen LogP contribution in [0, 0.1) is 0 Å². The molecule has 0 atom stereocenters. The monoisotopic (exact) mass is 268 g/mol. The van der Waals surface area contributed by atoms with Crippen LogP contribution < -0.4 is 10.6 Å². The first-order valence-corrected chi connectivity index (χ1v) is 6.91.